The van der Waals surface area contributed by atoms with Gasteiger partial charge in [-0.15, -0.1) is 0 Å². The monoisotopic (exact) mass is 549 g/mol. The Morgan fingerprint density at radius 1 is 1.22 bits per heavy atom. The maximum absolute atomic E-state index is 12.0. The summed E-state index contributed by atoms with van der Waals surface area (Å²) in [6.45, 7) is 4.26. The number of rotatable bonds is 9. The smallest absolute Gasteiger partial charge is 0.307 e. The highest BCUT2D eigenvalue weighted by molar-refractivity contribution is 14.1. The quantitative estimate of drug-likeness (QED) is 0.177. The molecule has 1 aromatic heterocycles. The molecule has 10 heteroatoms. The van der Waals surface area contributed by atoms with E-state index >= 15 is 0 Å². The van der Waals surface area contributed by atoms with Gasteiger partial charge in [-0.1, -0.05) is 0 Å². The summed E-state index contributed by atoms with van der Waals surface area (Å²) in [6.07, 6.45) is 1.50. The number of furan rings is 1. The number of hydrazone groups is 1. The highest BCUT2D eigenvalue weighted by Crippen LogP contribution is 2.34. The first-order chi connectivity index (χ1) is 15.4. The molecule has 166 valence electrons. The molecular formula is C22H20IN3O6. The predicted octanol–water partition coefficient (Wildman–Crippen LogP) is 4.84. The number of carbonyl (C=O) groups excluding carboxylic acids is 1. The van der Waals surface area contributed by atoms with E-state index in [9.17, 15) is 14.9 Å². The Labute approximate surface area is 197 Å². The van der Waals surface area contributed by atoms with Gasteiger partial charge in [0, 0.05) is 12.1 Å². The Bertz CT molecular complexity index is 1140. The number of nitro groups is 1. The number of nitro benzene ring substituents is 1. The van der Waals surface area contributed by atoms with Gasteiger partial charge >= 0.3 is 5.91 Å². The van der Waals surface area contributed by atoms with Crippen molar-refractivity contribution in [1.82, 2.24) is 5.43 Å². The second-order valence-corrected chi connectivity index (χ2v) is 7.75. The molecule has 0 spiro atoms. The maximum atomic E-state index is 12.0. The summed E-state index contributed by atoms with van der Waals surface area (Å²) in [6, 6.07) is 13.0. The molecule has 3 rings (SSSR count). The van der Waals surface area contributed by atoms with Gasteiger partial charge < -0.3 is 13.9 Å². The summed E-state index contributed by atoms with van der Waals surface area (Å²) in [4.78, 5) is 22.4. The van der Waals surface area contributed by atoms with Crippen LogP contribution < -0.4 is 14.9 Å². The molecule has 0 saturated carbocycles. The van der Waals surface area contributed by atoms with Crippen molar-refractivity contribution < 1.29 is 23.6 Å². The molecule has 2 aromatic carbocycles. The van der Waals surface area contributed by atoms with Crippen LogP contribution in [0.2, 0.25) is 0 Å². The third kappa shape index (κ3) is 6.06. The van der Waals surface area contributed by atoms with Crippen molar-refractivity contribution in [2.45, 2.75) is 20.5 Å². The van der Waals surface area contributed by atoms with E-state index in [1.165, 1.54) is 18.3 Å². The number of hydrogen-bond donors (Lipinski definition) is 1. The van der Waals surface area contributed by atoms with Crippen molar-refractivity contribution in [3.8, 4) is 11.5 Å². The Morgan fingerprint density at radius 2 is 1.97 bits per heavy atom. The fourth-order valence-electron chi connectivity index (χ4n) is 2.71. The van der Waals surface area contributed by atoms with Crippen LogP contribution in [0, 0.1) is 20.6 Å². The number of benzene rings is 2. The third-order valence-electron chi connectivity index (χ3n) is 4.21. The number of halogens is 1. The van der Waals surface area contributed by atoms with Gasteiger partial charge in [-0.3, -0.25) is 14.9 Å². The first kappa shape index (κ1) is 23.3. The van der Waals surface area contributed by atoms with Crippen molar-refractivity contribution in [2.75, 3.05) is 6.61 Å². The van der Waals surface area contributed by atoms with Crippen LogP contribution in [0.1, 0.15) is 34.4 Å². The van der Waals surface area contributed by atoms with Gasteiger partial charge in [0.1, 0.15) is 12.4 Å². The molecule has 9 nitrogen and oxygen atoms in total. The predicted molar refractivity (Wildman–Crippen MR) is 126 cm³/mol. The standard InChI is InChI=1S/C22H20IN3O6/c1-3-30-20-11-16(12-24-25-22(27)19-9-4-14(2)32-19)10-18(23)21(20)31-13-15-5-7-17(8-6-15)26(28)29/h4-12H,3,13H2,1-2H3,(H,25,27)/b24-12-. The first-order valence-electron chi connectivity index (χ1n) is 9.59. The summed E-state index contributed by atoms with van der Waals surface area (Å²) >= 11 is 2.13. The van der Waals surface area contributed by atoms with E-state index in [-0.39, 0.29) is 18.1 Å². The average molecular weight is 549 g/mol. The largest absolute Gasteiger partial charge is 0.490 e. The molecule has 0 fully saturated rings. The average Bonchev–Trinajstić information content (AvgIpc) is 3.20. The maximum Gasteiger partial charge on any atom is 0.307 e. The van der Waals surface area contributed by atoms with Crippen molar-refractivity contribution in [3.63, 3.8) is 0 Å². The number of ether oxygens (including phenoxy) is 2. The first-order valence-corrected chi connectivity index (χ1v) is 10.7. The minimum absolute atomic E-state index is 0.0243. The van der Waals surface area contributed by atoms with E-state index in [0.29, 0.717) is 29.4 Å². The minimum atomic E-state index is -0.447. The molecule has 0 aliphatic rings. The lowest BCUT2D eigenvalue weighted by Crippen LogP contribution is -2.16. The van der Waals surface area contributed by atoms with Crippen LogP contribution in [0.3, 0.4) is 0 Å². The Kier molecular flexibility index (Phi) is 7.82. The third-order valence-corrected chi connectivity index (χ3v) is 5.01. The SMILES string of the molecule is CCOc1cc(/C=N\NC(=O)c2ccc(C)o2)cc(I)c1OCc1ccc([N+](=O)[O-])cc1. The van der Waals surface area contributed by atoms with E-state index < -0.39 is 10.8 Å². The van der Waals surface area contributed by atoms with E-state index in [4.69, 9.17) is 13.9 Å². The highest BCUT2D eigenvalue weighted by Gasteiger charge is 2.13. The zero-order valence-corrected chi connectivity index (χ0v) is 19.5. The molecule has 1 N–H and O–H groups in total. The van der Waals surface area contributed by atoms with Gasteiger partial charge in [-0.05, 0) is 84.0 Å². The van der Waals surface area contributed by atoms with Gasteiger partial charge in [-0.25, -0.2) is 5.43 Å². The molecule has 0 saturated heterocycles. The van der Waals surface area contributed by atoms with Crippen molar-refractivity contribution in [3.05, 3.63) is 84.9 Å². The number of hydrogen-bond acceptors (Lipinski definition) is 7. The Balaban J connectivity index is 1.70. The number of amides is 1. The van der Waals surface area contributed by atoms with E-state index in [0.717, 1.165) is 9.13 Å². The summed E-state index contributed by atoms with van der Waals surface area (Å²) < 4.78 is 17.7. The zero-order chi connectivity index (χ0) is 23.1. The molecule has 1 heterocycles. The van der Waals surface area contributed by atoms with Crippen LogP contribution in [0.25, 0.3) is 0 Å². The van der Waals surface area contributed by atoms with Crippen LogP contribution >= 0.6 is 22.6 Å². The van der Waals surface area contributed by atoms with Gasteiger partial charge in [0.05, 0.1) is 21.3 Å². The number of nitrogens with one attached hydrogen (secondary N) is 1. The van der Waals surface area contributed by atoms with E-state index in [1.54, 1.807) is 37.3 Å². The molecular weight excluding hydrogens is 529 g/mol. The lowest BCUT2D eigenvalue weighted by atomic mass is 10.2. The summed E-state index contributed by atoms with van der Waals surface area (Å²) in [5.74, 6) is 1.45. The molecule has 0 atom stereocenters. The zero-order valence-electron chi connectivity index (χ0n) is 17.3. The van der Waals surface area contributed by atoms with Crippen LogP contribution in [-0.4, -0.2) is 23.7 Å². The lowest BCUT2D eigenvalue weighted by molar-refractivity contribution is -0.384. The molecule has 3 aromatic rings. The van der Waals surface area contributed by atoms with Crippen LogP contribution in [0.5, 0.6) is 11.5 Å². The molecule has 0 unspecified atom stereocenters. The summed E-state index contributed by atoms with van der Waals surface area (Å²) in [7, 11) is 0. The van der Waals surface area contributed by atoms with E-state index in [2.05, 4.69) is 33.1 Å². The molecule has 0 aliphatic carbocycles. The van der Waals surface area contributed by atoms with Gasteiger partial charge in [0.25, 0.3) is 5.69 Å². The normalized spacial score (nSPS) is 10.8. The second kappa shape index (κ2) is 10.8. The molecule has 0 radical (unpaired) electrons. The topological polar surface area (TPSA) is 116 Å². The van der Waals surface area contributed by atoms with E-state index in [1.807, 2.05) is 13.0 Å². The fourth-order valence-corrected chi connectivity index (χ4v) is 3.49. The van der Waals surface area contributed by atoms with Crippen LogP contribution in [-0.2, 0) is 6.61 Å². The Hall–Kier alpha value is -3.41. The number of aryl methyl sites for hydroxylation is 1. The highest BCUT2D eigenvalue weighted by atomic mass is 127. The van der Waals surface area contributed by atoms with Crippen molar-refractivity contribution in [1.29, 1.82) is 0 Å². The van der Waals surface area contributed by atoms with Gasteiger partial charge in [0.2, 0.25) is 0 Å². The summed E-state index contributed by atoms with van der Waals surface area (Å²) in [5, 5.41) is 14.8. The lowest BCUT2D eigenvalue weighted by Gasteiger charge is -2.14. The summed E-state index contributed by atoms with van der Waals surface area (Å²) in [5.41, 5.74) is 3.94. The second-order valence-electron chi connectivity index (χ2n) is 6.58. The van der Waals surface area contributed by atoms with Crippen molar-refractivity contribution >= 4 is 40.4 Å². The van der Waals surface area contributed by atoms with Crippen LogP contribution in [0.15, 0.2) is 58.0 Å². The molecule has 1 amide bonds. The van der Waals surface area contributed by atoms with Gasteiger partial charge in [0.15, 0.2) is 17.3 Å². The number of non-ortho nitro benzene ring substituents is 1. The molecule has 0 aliphatic heterocycles. The van der Waals surface area contributed by atoms with Crippen LogP contribution in [0.4, 0.5) is 5.69 Å². The minimum Gasteiger partial charge on any atom is -0.490 e. The number of nitrogens with zero attached hydrogens (tertiary/aromatic N) is 2. The molecule has 32 heavy (non-hydrogen) atoms. The van der Waals surface area contributed by atoms with Gasteiger partial charge in [-0.2, -0.15) is 5.10 Å². The number of carbonyl (C=O) groups is 1. The fraction of sp³-hybridized carbons (Fsp3) is 0.182. The Morgan fingerprint density at radius 3 is 2.59 bits per heavy atom. The molecule has 0 bridgehead atoms. The van der Waals surface area contributed by atoms with Crippen molar-refractivity contribution in [2.24, 2.45) is 5.10 Å².